The highest BCUT2D eigenvalue weighted by Gasteiger charge is 2.13. The number of nitrogens with one attached hydrogen (secondary N) is 2. The second-order valence-corrected chi connectivity index (χ2v) is 5.66. The fourth-order valence-corrected chi connectivity index (χ4v) is 2.23. The van der Waals surface area contributed by atoms with Crippen LogP contribution in [0.25, 0.3) is 0 Å². The van der Waals surface area contributed by atoms with Crippen molar-refractivity contribution in [3.8, 4) is 5.75 Å². The lowest BCUT2D eigenvalue weighted by Gasteiger charge is -2.19. The number of carbonyl (C=O) groups excluding carboxylic acids is 1. The zero-order chi connectivity index (χ0) is 15.1. The minimum atomic E-state index is -0.106. The van der Waals surface area contributed by atoms with E-state index < -0.39 is 0 Å². The van der Waals surface area contributed by atoms with Crippen molar-refractivity contribution in [2.24, 2.45) is 0 Å². The number of nitrogens with zero attached hydrogens (tertiary/aromatic N) is 1. The molecule has 1 atom stereocenters. The van der Waals surface area contributed by atoms with Gasteiger partial charge in [-0.25, -0.2) is 4.79 Å². The van der Waals surface area contributed by atoms with E-state index in [1.54, 1.807) is 20.2 Å². The summed E-state index contributed by atoms with van der Waals surface area (Å²) in [6.07, 6.45) is 0.853. The van der Waals surface area contributed by atoms with E-state index in [-0.39, 0.29) is 17.8 Å². The van der Waals surface area contributed by atoms with Gasteiger partial charge in [0, 0.05) is 43.3 Å². The Morgan fingerprint density at radius 2 is 2.10 bits per heavy atom. The second kappa shape index (κ2) is 8.11. The van der Waals surface area contributed by atoms with Crippen LogP contribution in [0.1, 0.15) is 24.9 Å². The highest BCUT2D eigenvalue weighted by molar-refractivity contribution is 9.10. The van der Waals surface area contributed by atoms with Gasteiger partial charge in [-0.3, -0.25) is 0 Å². The Kier molecular flexibility index (Phi) is 6.81. The third kappa shape index (κ3) is 5.02. The van der Waals surface area contributed by atoms with Crippen LogP contribution in [0.2, 0.25) is 0 Å². The number of benzene rings is 1. The van der Waals surface area contributed by atoms with Crippen LogP contribution >= 0.6 is 15.9 Å². The van der Waals surface area contributed by atoms with E-state index in [1.165, 1.54) is 4.90 Å². The first kappa shape index (κ1) is 16.8. The first-order chi connectivity index (χ1) is 9.45. The predicted molar refractivity (Wildman–Crippen MR) is 83.9 cm³/mol. The maximum absolute atomic E-state index is 11.4. The zero-order valence-electron chi connectivity index (χ0n) is 12.1. The molecule has 1 aromatic carbocycles. The van der Waals surface area contributed by atoms with Gasteiger partial charge in [0.2, 0.25) is 0 Å². The standard InChI is InChI=1S/C14H22BrN3O2/c1-4-12(11-9-10(15)5-6-13(11)19)16-7-8-17-14(20)18(2)3/h5-6,9,12,16,19H,4,7-8H2,1-3H3,(H,17,20). The minimum Gasteiger partial charge on any atom is -0.508 e. The van der Waals surface area contributed by atoms with Crippen molar-refractivity contribution < 1.29 is 9.90 Å². The fourth-order valence-electron chi connectivity index (χ4n) is 1.85. The average Bonchev–Trinajstić information content (AvgIpc) is 2.41. The number of amides is 2. The number of hydrogen-bond acceptors (Lipinski definition) is 3. The van der Waals surface area contributed by atoms with Gasteiger partial charge in [-0.15, -0.1) is 0 Å². The molecule has 0 aliphatic heterocycles. The molecule has 0 aromatic heterocycles. The molecule has 0 saturated carbocycles. The molecule has 0 heterocycles. The van der Waals surface area contributed by atoms with Crippen LogP contribution in [-0.2, 0) is 0 Å². The molecule has 0 aliphatic rings. The van der Waals surface area contributed by atoms with Gasteiger partial charge in [0.05, 0.1) is 0 Å². The molecule has 1 aromatic rings. The number of phenolic OH excluding ortho intramolecular Hbond substituents is 1. The number of phenols is 1. The van der Waals surface area contributed by atoms with Gasteiger partial charge in [0.25, 0.3) is 0 Å². The molecule has 20 heavy (non-hydrogen) atoms. The van der Waals surface area contributed by atoms with E-state index in [9.17, 15) is 9.90 Å². The Bertz CT molecular complexity index is 452. The molecule has 6 heteroatoms. The summed E-state index contributed by atoms with van der Waals surface area (Å²) in [4.78, 5) is 12.9. The van der Waals surface area contributed by atoms with Crippen molar-refractivity contribution in [1.82, 2.24) is 15.5 Å². The van der Waals surface area contributed by atoms with Crippen molar-refractivity contribution in [1.29, 1.82) is 0 Å². The van der Waals surface area contributed by atoms with Crippen LogP contribution in [0.5, 0.6) is 5.75 Å². The van der Waals surface area contributed by atoms with Gasteiger partial charge in [0.15, 0.2) is 0 Å². The molecule has 1 unspecified atom stereocenters. The molecule has 112 valence electrons. The number of rotatable bonds is 6. The molecule has 5 nitrogen and oxygen atoms in total. The maximum atomic E-state index is 11.4. The average molecular weight is 344 g/mol. The summed E-state index contributed by atoms with van der Waals surface area (Å²) in [7, 11) is 3.41. The van der Waals surface area contributed by atoms with Gasteiger partial charge in [0.1, 0.15) is 5.75 Å². The quantitative estimate of drug-likeness (QED) is 0.695. The summed E-state index contributed by atoms with van der Waals surface area (Å²) < 4.78 is 0.937. The monoisotopic (exact) mass is 343 g/mol. The topological polar surface area (TPSA) is 64.6 Å². The summed E-state index contributed by atoms with van der Waals surface area (Å²) in [5.41, 5.74) is 0.862. The van der Waals surface area contributed by atoms with E-state index >= 15 is 0 Å². The summed E-state index contributed by atoms with van der Waals surface area (Å²) >= 11 is 3.41. The predicted octanol–water partition coefficient (Wildman–Crippen LogP) is 2.47. The highest BCUT2D eigenvalue weighted by atomic mass is 79.9. The summed E-state index contributed by atoms with van der Waals surface area (Å²) in [5.74, 6) is 0.282. The van der Waals surface area contributed by atoms with Crippen molar-refractivity contribution >= 4 is 22.0 Å². The Labute approximate surface area is 128 Å². The number of halogens is 1. The lowest BCUT2D eigenvalue weighted by molar-refractivity contribution is 0.217. The number of aromatic hydroxyl groups is 1. The highest BCUT2D eigenvalue weighted by Crippen LogP contribution is 2.29. The Balaban J connectivity index is 2.51. The third-order valence-corrected chi connectivity index (χ3v) is 3.46. The number of hydrogen-bond donors (Lipinski definition) is 3. The van der Waals surface area contributed by atoms with Gasteiger partial charge in [-0.05, 0) is 24.6 Å². The van der Waals surface area contributed by atoms with E-state index in [2.05, 4.69) is 33.5 Å². The molecule has 0 aliphatic carbocycles. The smallest absolute Gasteiger partial charge is 0.316 e. The van der Waals surface area contributed by atoms with E-state index in [0.29, 0.717) is 13.1 Å². The van der Waals surface area contributed by atoms with E-state index in [1.807, 2.05) is 12.1 Å². The maximum Gasteiger partial charge on any atom is 0.316 e. The first-order valence-corrected chi connectivity index (χ1v) is 7.42. The van der Waals surface area contributed by atoms with Crippen LogP contribution in [0.3, 0.4) is 0 Å². The van der Waals surface area contributed by atoms with Gasteiger partial charge >= 0.3 is 6.03 Å². The van der Waals surface area contributed by atoms with Gasteiger partial charge in [-0.1, -0.05) is 22.9 Å². The molecule has 1 rings (SSSR count). The first-order valence-electron chi connectivity index (χ1n) is 6.62. The molecule has 3 N–H and O–H groups in total. The molecular formula is C14H22BrN3O2. The minimum absolute atomic E-state index is 0.0590. The van der Waals surface area contributed by atoms with Crippen molar-refractivity contribution in [3.05, 3.63) is 28.2 Å². The van der Waals surface area contributed by atoms with Crippen LogP contribution in [0.15, 0.2) is 22.7 Å². The molecule has 0 radical (unpaired) electrons. The van der Waals surface area contributed by atoms with Gasteiger partial charge < -0.3 is 20.6 Å². The van der Waals surface area contributed by atoms with Crippen LogP contribution in [0.4, 0.5) is 4.79 Å². The van der Waals surface area contributed by atoms with Gasteiger partial charge in [-0.2, -0.15) is 0 Å². The number of urea groups is 1. The van der Waals surface area contributed by atoms with Crippen molar-refractivity contribution in [2.45, 2.75) is 19.4 Å². The number of carbonyl (C=O) groups is 1. The summed E-state index contributed by atoms with van der Waals surface area (Å²) in [6.45, 7) is 3.24. The van der Waals surface area contributed by atoms with Crippen molar-refractivity contribution in [3.63, 3.8) is 0 Å². The fraction of sp³-hybridized carbons (Fsp3) is 0.500. The van der Waals surface area contributed by atoms with Crippen molar-refractivity contribution in [2.75, 3.05) is 27.2 Å². The Morgan fingerprint density at radius 3 is 2.70 bits per heavy atom. The molecular weight excluding hydrogens is 322 g/mol. The third-order valence-electron chi connectivity index (χ3n) is 2.97. The summed E-state index contributed by atoms with van der Waals surface area (Å²) in [5, 5.41) is 16.0. The lowest BCUT2D eigenvalue weighted by atomic mass is 10.0. The molecule has 0 saturated heterocycles. The van der Waals surface area contributed by atoms with E-state index in [4.69, 9.17) is 0 Å². The second-order valence-electron chi connectivity index (χ2n) is 4.74. The Hall–Kier alpha value is -1.27. The zero-order valence-corrected chi connectivity index (χ0v) is 13.7. The normalized spacial score (nSPS) is 12.0. The molecule has 0 bridgehead atoms. The Morgan fingerprint density at radius 1 is 1.40 bits per heavy atom. The van der Waals surface area contributed by atoms with E-state index in [0.717, 1.165) is 16.5 Å². The molecule has 2 amide bonds. The largest absolute Gasteiger partial charge is 0.508 e. The summed E-state index contributed by atoms with van der Waals surface area (Å²) in [6, 6.07) is 5.35. The SMILES string of the molecule is CCC(NCCNC(=O)N(C)C)c1cc(Br)ccc1O. The molecule has 0 spiro atoms. The lowest BCUT2D eigenvalue weighted by Crippen LogP contribution is -2.39. The van der Waals surface area contributed by atoms with Crippen LogP contribution < -0.4 is 10.6 Å². The van der Waals surface area contributed by atoms with Crippen LogP contribution in [-0.4, -0.2) is 43.2 Å². The molecule has 0 fully saturated rings. The van der Waals surface area contributed by atoms with Crippen LogP contribution in [0, 0.1) is 0 Å².